The smallest absolute Gasteiger partial charge is 0.309 e. The summed E-state index contributed by atoms with van der Waals surface area (Å²) >= 11 is 0. The van der Waals surface area contributed by atoms with Crippen LogP contribution < -0.4 is 0 Å². The lowest BCUT2D eigenvalue weighted by Crippen LogP contribution is -2.24. The Labute approximate surface area is 246 Å². The zero-order valence-electron chi connectivity index (χ0n) is 26.4. The van der Waals surface area contributed by atoms with Gasteiger partial charge in [-0.05, 0) is 88.5 Å². The van der Waals surface area contributed by atoms with Crippen molar-refractivity contribution >= 4 is 28.7 Å². The first kappa shape index (κ1) is 32.5. The number of carboxylic acids is 1. The van der Waals surface area contributed by atoms with Crippen molar-refractivity contribution in [1.29, 1.82) is 0 Å². The van der Waals surface area contributed by atoms with Crippen LogP contribution in [-0.2, 0) is 19.1 Å². The summed E-state index contributed by atoms with van der Waals surface area (Å²) in [6.07, 6.45) is 12.1. The van der Waals surface area contributed by atoms with Gasteiger partial charge in [0.05, 0.1) is 11.0 Å². The van der Waals surface area contributed by atoms with E-state index < -0.39 is 11.4 Å². The minimum absolute atomic E-state index is 0.0155. The van der Waals surface area contributed by atoms with E-state index in [1.165, 1.54) is 0 Å². The van der Waals surface area contributed by atoms with Crippen LogP contribution in [0.2, 0.25) is 0 Å². The zero-order chi connectivity index (χ0) is 30.8. The van der Waals surface area contributed by atoms with E-state index in [1.54, 1.807) is 21.0 Å². The number of carbonyl (C=O) groups is 3. The lowest BCUT2D eigenvalue weighted by atomic mass is 9.73. The summed E-state index contributed by atoms with van der Waals surface area (Å²) in [6.45, 7) is 15.9. The fourth-order valence-corrected chi connectivity index (χ4v) is 5.69. The van der Waals surface area contributed by atoms with Gasteiger partial charge in [0.1, 0.15) is 0 Å². The van der Waals surface area contributed by atoms with Gasteiger partial charge < -0.3 is 9.84 Å². The molecule has 222 valence electrons. The summed E-state index contributed by atoms with van der Waals surface area (Å²) in [5.41, 5.74) is 2.53. The first-order valence-electron chi connectivity index (χ1n) is 14.7. The van der Waals surface area contributed by atoms with Crippen molar-refractivity contribution in [1.82, 2.24) is 0 Å². The number of carboxylic acid groups (broad SMARTS) is 1. The molecule has 0 bridgehead atoms. The van der Waals surface area contributed by atoms with Crippen molar-refractivity contribution in [2.24, 2.45) is 16.2 Å². The molecule has 0 amide bonds. The van der Waals surface area contributed by atoms with Crippen molar-refractivity contribution < 1.29 is 24.2 Å². The van der Waals surface area contributed by atoms with Gasteiger partial charge in [-0.3, -0.25) is 14.4 Å². The highest BCUT2D eigenvalue weighted by atomic mass is 16.5. The Morgan fingerprint density at radius 2 is 1.17 bits per heavy atom. The lowest BCUT2D eigenvalue weighted by Gasteiger charge is -2.29. The zero-order valence-corrected chi connectivity index (χ0v) is 26.4. The Bertz CT molecular complexity index is 1330. The number of rotatable bonds is 12. The second kappa shape index (κ2) is 12.1. The monoisotopic (exact) mass is 560 g/mol. The van der Waals surface area contributed by atoms with E-state index >= 15 is 0 Å². The molecule has 0 unspecified atom stereocenters. The molecular weight excluding hydrogens is 512 g/mol. The van der Waals surface area contributed by atoms with Gasteiger partial charge in [0.2, 0.25) is 0 Å². The number of carbonyl (C=O) groups excluding carboxylic acids is 2. The number of aliphatic carboxylic acids is 1. The maximum absolute atomic E-state index is 13.9. The second-order valence-electron chi connectivity index (χ2n) is 14.2. The van der Waals surface area contributed by atoms with Crippen molar-refractivity contribution in [2.75, 3.05) is 7.11 Å². The molecule has 0 atom stereocenters. The quantitative estimate of drug-likeness (QED) is 0.278. The van der Waals surface area contributed by atoms with Gasteiger partial charge in [0, 0.05) is 29.1 Å². The number of allylic oxidation sites excluding steroid dienone is 8. The number of ether oxygens (including phenoxy) is 1. The number of hydrogen-bond donors (Lipinski definition) is 1. The van der Waals surface area contributed by atoms with Gasteiger partial charge in [-0.25, -0.2) is 0 Å². The Morgan fingerprint density at radius 3 is 1.56 bits per heavy atom. The van der Waals surface area contributed by atoms with E-state index in [-0.39, 0.29) is 28.0 Å². The van der Waals surface area contributed by atoms with Crippen LogP contribution in [0.1, 0.15) is 105 Å². The number of hydrogen-bond acceptors (Lipinski definition) is 4. The van der Waals surface area contributed by atoms with Gasteiger partial charge in [0.25, 0.3) is 0 Å². The maximum Gasteiger partial charge on any atom is 0.309 e. The molecule has 0 heterocycles. The van der Waals surface area contributed by atoms with Crippen LogP contribution >= 0.6 is 0 Å². The molecule has 0 spiro atoms. The minimum Gasteiger partial charge on any atom is -0.481 e. The lowest BCUT2D eigenvalue weighted by molar-refractivity contribution is -0.147. The third-order valence-electron chi connectivity index (χ3n) is 8.31. The SMILES string of the molecule is COC(C)(C)CCCC1=CC(C)(C)C=C(c2ccccc2C2=CC(C)(C)C=C(CCCC(C)(C)C(=O)O)C2=O)C1=O. The fraction of sp³-hybridized carbons (Fsp3) is 0.528. The molecular formula is C36H48O5. The van der Waals surface area contributed by atoms with Gasteiger partial charge in [-0.1, -0.05) is 76.3 Å². The molecule has 0 radical (unpaired) electrons. The molecule has 2 aliphatic rings. The molecule has 1 N–H and O–H groups in total. The molecule has 0 saturated heterocycles. The standard InChI is InChI=1S/C36H48O5/c1-33(2)20-24(14-12-18-35(5,6)32(39)40)30(37)28(22-33)26-16-10-11-17-27(26)29-23-34(3,4)21-25(31(29)38)15-13-19-36(7,8)41-9/h10-11,16-17,20-23H,12-15,18-19H2,1-9H3,(H,39,40). The van der Waals surface area contributed by atoms with Crippen LogP contribution in [0, 0.1) is 16.2 Å². The van der Waals surface area contributed by atoms with Gasteiger partial charge >= 0.3 is 5.97 Å². The number of Topliss-reactive ketones (excluding diaryl/α,β-unsaturated/α-hetero) is 2. The summed E-state index contributed by atoms with van der Waals surface area (Å²) in [4.78, 5) is 39.4. The van der Waals surface area contributed by atoms with Crippen LogP contribution in [0.5, 0.6) is 0 Å². The Hall–Kier alpha value is -3.05. The topological polar surface area (TPSA) is 80.7 Å². The second-order valence-corrected chi connectivity index (χ2v) is 14.2. The molecule has 0 saturated carbocycles. The first-order valence-corrected chi connectivity index (χ1v) is 14.7. The average molecular weight is 561 g/mol. The van der Waals surface area contributed by atoms with Crippen molar-refractivity contribution in [3.05, 3.63) is 70.8 Å². The molecule has 41 heavy (non-hydrogen) atoms. The normalized spacial score (nSPS) is 18.9. The Kier molecular flexibility index (Phi) is 9.54. The van der Waals surface area contributed by atoms with Crippen LogP contribution in [0.3, 0.4) is 0 Å². The molecule has 1 aromatic carbocycles. The highest BCUT2D eigenvalue weighted by Gasteiger charge is 2.34. The average Bonchev–Trinajstić information content (AvgIpc) is 2.87. The van der Waals surface area contributed by atoms with Crippen molar-refractivity contribution in [2.45, 2.75) is 99.5 Å². The highest BCUT2D eigenvalue weighted by Crippen LogP contribution is 2.42. The number of benzene rings is 1. The summed E-state index contributed by atoms with van der Waals surface area (Å²) in [7, 11) is 1.71. The van der Waals surface area contributed by atoms with E-state index in [4.69, 9.17) is 4.74 Å². The molecule has 0 aliphatic heterocycles. The van der Waals surface area contributed by atoms with Crippen LogP contribution in [0.25, 0.3) is 11.1 Å². The third-order valence-corrected chi connectivity index (χ3v) is 8.31. The first-order chi connectivity index (χ1) is 18.9. The van der Waals surface area contributed by atoms with Crippen LogP contribution in [0.15, 0.2) is 59.7 Å². The fourth-order valence-electron chi connectivity index (χ4n) is 5.69. The summed E-state index contributed by atoms with van der Waals surface area (Å²) in [6, 6.07) is 7.71. The summed E-state index contributed by atoms with van der Waals surface area (Å²) in [5.74, 6) is -0.868. The Balaban J connectivity index is 1.93. The van der Waals surface area contributed by atoms with E-state index in [0.717, 1.165) is 29.5 Å². The van der Waals surface area contributed by atoms with Crippen LogP contribution in [0.4, 0.5) is 0 Å². The van der Waals surface area contributed by atoms with Crippen molar-refractivity contribution in [3.63, 3.8) is 0 Å². The van der Waals surface area contributed by atoms with E-state index in [2.05, 4.69) is 47.6 Å². The maximum atomic E-state index is 13.9. The van der Waals surface area contributed by atoms with E-state index in [9.17, 15) is 19.5 Å². The molecule has 3 rings (SSSR count). The summed E-state index contributed by atoms with van der Waals surface area (Å²) < 4.78 is 5.57. The molecule has 5 nitrogen and oxygen atoms in total. The van der Waals surface area contributed by atoms with E-state index in [0.29, 0.717) is 42.4 Å². The third kappa shape index (κ3) is 8.03. The molecule has 0 aromatic heterocycles. The highest BCUT2D eigenvalue weighted by molar-refractivity contribution is 6.34. The van der Waals surface area contributed by atoms with Crippen LogP contribution in [-0.4, -0.2) is 35.4 Å². The number of methoxy groups -OCH3 is 1. The van der Waals surface area contributed by atoms with E-state index in [1.807, 2.05) is 42.5 Å². The van der Waals surface area contributed by atoms with Gasteiger partial charge in [0.15, 0.2) is 11.6 Å². The minimum atomic E-state index is -0.843. The molecule has 5 heteroatoms. The number of ketones is 2. The predicted molar refractivity (Wildman–Crippen MR) is 166 cm³/mol. The van der Waals surface area contributed by atoms with Gasteiger partial charge in [-0.2, -0.15) is 0 Å². The van der Waals surface area contributed by atoms with Crippen molar-refractivity contribution in [3.8, 4) is 0 Å². The van der Waals surface area contributed by atoms with Gasteiger partial charge in [-0.15, -0.1) is 0 Å². The molecule has 0 fully saturated rings. The summed E-state index contributed by atoms with van der Waals surface area (Å²) in [5, 5.41) is 9.50. The molecule has 1 aromatic rings. The largest absolute Gasteiger partial charge is 0.481 e. The molecule has 2 aliphatic carbocycles. The predicted octanol–water partition coefficient (Wildman–Crippen LogP) is 8.40. The Morgan fingerprint density at radius 1 is 0.756 bits per heavy atom.